The average Bonchev–Trinajstić information content (AvgIpc) is 2.67. The molecule has 0 aromatic carbocycles. The van der Waals surface area contributed by atoms with Gasteiger partial charge >= 0.3 is 5.97 Å². The van der Waals surface area contributed by atoms with Gasteiger partial charge in [0, 0.05) is 9.75 Å². The Labute approximate surface area is 92.9 Å². The van der Waals surface area contributed by atoms with Crippen LogP contribution in [-0.2, 0) is 16.8 Å². The molecule has 0 aliphatic heterocycles. The van der Waals surface area contributed by atoms with E-state index in [-0.39, 0.29) is 0 Å². The Hall–Kier alpha value is -0.870. The second kappa shape index (κ2) is 3.32. The van der Waals surface area contributed by atoms with Crippen molar-refractivity contribution in [3.8, 4) is 0 Å². The van der Waals surface area contributed by atoms with Gasteiger partial charge in [-0.25, -0.2) is 4.79 Å². The van der Waals surface area contributed by atoms with Gasteiger partial charge in [-0.1, -0.05) is 13.8 Å². The molecule has 1 heterocycles. The quantitative estimate of drug-likeness (QED) is 0.809. The van der Waals surface area contributed by atoms with Gasteiger partial charge in [-0.15, -0.1) is 11.3 Å². The van der Waals surface area contributed by atoms with Gasteiger partial charge in [0.05, 0.1) is 0 Å². The normalized spacial score (nSPS) is 24.5. The predicted octanol–water partition coefficient (Wildman–Crippen LogP) is 2.06. The van der Waals surface area contributed by atoms with Gasteiger partial charge in [0.25, 0.3) is 0 Å². The number of hydrogen-bond donors (Lipinski definition) is 2. The number of carboxylic acids is 1. The summed E-state index contributed by atoms with van der Waals surface area (Å²) in [4.78, 5) is 13.5. The van der Waals surface area contributed by atoms with Gasteiger partial charge in [0.15, 0.2) is 0 Å². The van der Waals surface area contributed by atoms with Crippen molar-refractivity contribution >= 4 is 17.3 Å². The number of carbonyl (C=O) groups is 1. The average molecular weight is 225 g/mol. The Bertz CT molecular complexity index is 411. The summed E-state index contributed by atoms with van der Waals surface area (Å²) in [6, 6.07) is 1.98. The third-order valence-electron chi connectivity index (χ3n) is 3.01. The van der Waals surface area contributed by atoms with Crippen molar-refractivity contribution in [2.24, 2.45) is 5.73 Å². The summed E-state index contributed by atoms with van der Waals surface area (Å²) >= 11 is 1.71. The molecule has 4 heteroatoms. The summed E-state index contributed by atoms with van der Waals surface area (Å²) in [7, 11) is 0. The van der Waals surface area contributed by atoms with Crippen molar-refractivity contribution in [3.05, 3.63) is 21.4 Å². The van der Waals surface area contributed by atoms with Crippen LogP contribution in [0.3, 0.4) is 0 Å². The molecular weight excluding hydrogens is 210 g/mol. The summed E-state index contributed by atoms with van der Waals surface area (Å²) in [5, 5.41) is 9.15. The van der Waals surface area contributed by atoms with E-state index in [4.69, 9.17) is 10.8 Å². The summed E-state index contributed by atoms with van der Waals surface area (Å²) in [5.74, 6) is -0.465. The molecule has 0 amide bonds. The van der Waals surface area contributed by atoms with Crippen LogP contribution in [0.1, 0.15) is 41.5 Å². The van der Waals surface area contributed by atoms with Crippen molar-refractivity contribution in [2.45, 2.75) is 38.1 Å². The molecule has 3 nitrogen and oxygen atoms in total. The number of nitrogens with two attached hydrogens (primary N) is 1. The number of aliphatic carboxylic acids is 1. The van der Waals surface area contributed by atoms with Crippen molar-refractivity contribution in [1.82, 2.24) is 0 Å². The minimum atomic E-state index is -1.14. The SMILES string of the molecule is CC(C)c1cc2c(s1)CCC2(N)C(=O)O. The first kappa shape index (κ1) is 10.6. The second-order valence-corrected chi connectivity index (χ2v) is 5.59. The lowest BCUT2D eigenvalue weighted by atomic mass is 9.94. The molecule has 3 N–H and O–H groups in total. The van der Waals surface area contributed by atoms with E-state index in [2.05, 4.69) is 13.8 Å². The van der Waals surface area contributed by atoms with Crippen molar-refractivity contribution < 1.29 is 9.90 Å². The zero-order valence-electron chi connectivity index (χ0n) is 8.91. The highest BCUT2D eigenvalue weighted by atomic mass is 32.1. The first-order valence-electron chi connectivity index (χ1n) is 5.10. The maximum absolute atomic E-state index is 11.1. The summed E-state index contributed by atoms with van der Waals surface area (Å²) < 4.78 is 0. The van der Waals surface area contributed by atoms with Crippen LogP contribution in [0.2, 0.25) is 0 Å². The smallest absolute Gasteiger partial charge is 0.328 e. The summed E-state index contributed by atoms with van der Waals surface area (Å²) in [5.41, 5.74) is 5.63. The van der Waals surface area contributed by atoms with E-state index in [1.165, 1.54) is 4.88 Å². The predicted molar refractivity (Wildman–Crippen MR) is 60.2 cm³/mol. The monoisotopic (exact) mass is 225 g/mol. The molecule has 15 heavy (non-hydrogen) atoms. The van der Waals surface area contributed by atoms with Crippen molar-refractivity contribution in [3.63, 3.8) is 0 Å². The van der Waals surface area contributed by atoms with Crippen LogP contribution in [0, 0.1) is 0 Å². The lowest BCUT2D eigenvalue weighted by Crippen LogP contribution is -2.42. The fraction of sp³-hybridized carbons (Fsp3) is 0.545. The number of carboxylic acid groups (broad SMARTS) is 1. The standard InChI is InChI=1S/C11H15NO2S/c1-6(2)9-5-7-8(15-9)3-4-11(7,12)10(13)14/h5-6H,3-4,12H2,1-2H3,(H,13,14). The van der Waals surface area contributed by atoms with Crippen molar-refractivity contribution in [1.29, 1.82) is 0 Å². The molecule has 1 aromatic heterocycles. The topological polar surface area (TPSA) is 63.3 Å². The minimum Gasteiger partial charge on any atom is -0.480 e. The Morgan fingerprint density at radius 1 is 1.67 bits per heavy atom. The largest absolute Gasteiger partial charge is 0.480 e. The van der Waals surface area contributed by atoms with Crippen LogP contribution in [-0.4, -0.2) is 11.1 Å². The Balaban J connectivity index is 2.46. The van der Waals surface area contributed by atoms with Crippen LogP contribution in [0.15, 0.2) is 6.07 Å². The highest BCUT2D eigenvalue weighted by Gasteiger charge is 2.43. The van der Waals surface area contributed by atoms with Gasteiger partial charge in [0.2, 0.25) is 0 Å². The van der Waals surface area contributed by atoms with Gasteiger partial charge in [-0.3, -0.25) is 0 Å². The van der Waals surface area contributed by atoms with E-state index in [1.54, 1.807) is 11.3 Å². The number of thiophene rings is 1. The molecule has 1 atom stereocenters. The molecule has 0 fully saturated rings. The minimum absolute atomic E-state index is 0.443. The maximum atomic E-state index is 11.1. The molecule has 0 radical (unpaired) electrons. The highest BCUT2D eigenvalue weighted by Crippen LogP contribution is 2.42. The number of fused-ring (bicyclic) bond motifs is 1. The first-order valence-corrected chi connectivity index (χ1v) is 5.92. The summed E-state index contributed by atoms with van der Waals surface area (Å²) in [6.07, 6.45) is 1.33. The molecule has 1 aliphatic rings. The Morgan fingerprint density at radius 3 is 2.87 bits per heavy atom. The molecule has 0 spiro atoms. The molecule has 1 aliphatic carbocycles. The van der Waals surface area contributed by atoms with Crippen LogP contribution >= 0.6 is 11.3 Å². The number of rotatable bonds is 2. The van der Waals surface area contributed by atoms with E-state index in [1.807, 2.05) is 6.07 Å². The Kier molecular flexibility index (Phi) is 2.35. The van der Waals surface area contributed by atoms with Crippen LogP contribution in [0.25, 0.3) is 0 Å². The van der Waals surface area contributed by atoms with Gasteiger partial charge in [-0.2, -0.15) is 0 Å². The fourth-order valence-corrected chi connectivity index (χ4v) is 3.22. The third kappa shape index (κ3) is 1.48. The van der Waals surface area contributed by atoms with Gasteiger partial charge < -0.3 is 10.8 Å². The zero-order chi connectivity index (χ0) is 11.2. The van der Waals surface area contributed by atoms with E-state index in [0.29, 0.717) is 12.3 Å². The molecular formula is C11H15NO2S. The van der Waals surface area contributed by atoms with E-state index >= 15 is 0 Å². The van der Waals surface area contributed by atoms with Gasteiger partial charge in [0.1, 0.15) is 5.54 Å². The van der Waals surface area contributed by atoms with E-state index in [9.17, 15) is 4.79 Å². The lowest BCUT2D eigenvalue weighted by Gasteiger charge is -2.18. The van der Waals surface area contributed by atoms with Crippen LogP contribution in [0.4, 0.5) is 0 Å². The number of aryl methyl sites for hydroxylation is 1. The molecule has 1 unspecified atom stereocenters. The van der Waals surface area contributed by atoms with E-state index in [0.717, 1.165) is 16.9 Å². The second-order valence-electron chi connectivity index (χ2n) is 4.42. The first-order chi connectivity index (χ1) is 6.95. The summed E-state index contributed by atoms with van der Waals surface area (Å²) in [6.45, 7) is 4.22. The molecule has 0 saturated carbocycles. The van der Waals surface area contributed by atoms with Crippen LogP contribution in [0.5, 0.6) is 0 Å². The molecule has 0 bridgehead atoms. The lowest BCUT2D eigenvalue weighted by molar-refractivity contribution is -0.143. The Morgan fingerprint density at radius 2 is 2.33 bits per heavy atom. The fourth-order valence-electron chi connectivity index (χ4n) is 1.96. The maximum Gasteiger partial charge on any atom is 0.328 e. The number of hydrogen-bond acceptors (Lipinski definition) is 3. The van der Waals surface area contributed by atoms with Gasteiger partial charge in [-0.05, 0) is 30.4 Å². The third-order valence-corrected chi connectivity index (χ3v) is 4.50. The molecule has 0 saturated heterocycles. The van der Waals surface area contributed by atoms with Crippen LogP contribution < -0.4 is 5.73 Å². The highest BCUT2D eigenvalue weighted by molar-refractivity contribution is 7.12. The van der Waals surface area contributed by atoms with E-state index < -0.39 is 11.5 Å². The molecule has 1 aromatic rings. The molecule has 2 rings (SSSR count). The molecule has 82 valence electrons. The van der Waals surface area contributed by atoms with Crippen molar-refractivity contribution in [2.75, 3.05) is 0 Å². The zero-order valence-corrected chi connectivity index (χ0v) is 9.73.